The van der Waals surface area contributed by atoms with Crippen molar-refractivity contribution >= 4 is 5.91 Å². The van der Waals surface area contributed by atoms with E-state index in [1.165, 1.54) is 6.07 Å². The molecule has 1 N–H and O–H groups in total. The highest BCUT2D eigenvalue weighted by atomic mass is 19.1. The largest absolute Gasteiger partial charge is 0.387 e. The second-order valence-corrected chi connectivity index (χ2v) is 6.77. The van der Waals surface area contributed by atoms with Crippen LogP contribution in [0.1, 0.15) is 38.4 Å². The van der Waals surface area contributed by atoms with E-state index in [1.54, 1.807) is 4.90 Å². The van der Waals surface area contributed by atoms with Crippen LogP contribution in [0.5, 0.6) is 0 Å². The maximum Gasteiger partial charge on any atom is 0.225 e. The molecule has 1 atom stereocenters. The molecule has 1 aromatic rings. The summed E-state index contributed by atoms with van der Waals surface area (Å²) < 4.78 is 27.4. The van der Waals surface area contributed by atoms with Crippen LogP contribution in [0, 0.1) is 17.6 Å². The Hall–Kier alpha value is -1.53. The van der Waals surface area contributed by atoms with E-state index >= 15 is 0 Å². The van der Waals surface area contributed by atoms with Crippen LogP contribution in [0.2, 0.25) is 0 Å². The summed E-state index contributed by atoms with van der Waals surface area (Å²) in [5.74, 6) is -1.33. The molecule has 0 aliphatic carbocycles. The molecule has 134 valence electrons. The van der Waals surface area contributed by atoms with E-state index in [-0.39, 0.29) is 30.0 Å². The zero-order valence-corrected chi connectivity index (χ0v) is 14.5. The first-order chi connectivity index (χ1) is 11.3. The third-order valence-electron chi connectivity index (χ3n) is 4.82. The summed E-state index contributed by atoms with van der Waals surface area (Å²) in [6.45, 7) is 5.39. The van der Waals surface area contributed by atoms with Crippen molar-refractivity contribution in [3.63, 3.8) is 0 Å². The average molecular weight is 340 g/mol. The molecule has 0 aromatic heterocycles. The van der Waals surface area contributed by atoms with Gasteiger partial charge >= 0.3 is 0 Å². The first kappa shape index (κ1) is 18.8. The second kappa shape index (κ2) is 8.03. The van der Waals surface area contributed by atoms with E-state index in [1.807, 2.05) is 25.8 Å². The number of likely N-dealkylation sites (tertiary alicyclic amines) is 1. The summed E-state index contributed by atoms with van der Waals surface area (Å²) in [6, 6.07) is 3.74. The molecule has 0 bridgehead atoms. The molecular formula is C18H26F2N2O2. The topological polar surface area (TPSA) is 43.8 Å². The lowest BCUT2D eigenvalue weighted by Crippen LogP contribution is -2.44. The summed E-state index contributed by atoms with van der Waals surface area (Å²) in [4.78, 5) is 16.0. The van der Waals surface area contributed by atoms with Crippen LogP contribution in [0.4, 0.5) is 8.78 Å². The molecule has 1 amide bonds. The quantitative estimate of drug-likeness (QED) is 0.896. The van der Waals surface area contributed by atoms with Gasteiger partial charge in [0.15, 0.2) is 0 Å². The fourth-order valence-corrected chi connectivity index (χ4v) is 3.07. The van der Waals surface area contributed by atoms with Crippen molar-refractivity contribution in [1.29, 1.82) is 0 Å². The van der Waals surface area contributed by atoms with Gasteiger partial charge in [-0.15, -0.1) is 0 Å². The van der Waals surface area contributed by atoms with Gasteiger partial charge in [0.1, 0.15) is 11.6 Å². The number of hydrogen-bond acceptors (Lipinski definition) is 3. The third kappa shape index (κ3) is 4.30. The van der Waals surface area contributed by atoms with Gasteiger partial charge in [-0.2, -0.15) is 0 Å². The molecule has 1 fully saturated rings. The Morgan fingerprint density at radius 1 is 1.29 bits per heavy atom. The SMILES string of the molecule is CC(C)N(C)C(=O)C1CCN(CC(O)c2c(F)cccc2F)CC1. The second-order valence-electron chi connectivity index (χ2n) is 6.77. The average Bonchev–Trinajstić information content (AvgIpc) is 2.54. The molecule has 0 spiro atoms. The summed E-state index contributed by atoms with van der Waals surface area (Å²) in [5.41, 5.74) is -0.282. The van der Waals surface area contributed by atoms with E-state index in [2.05, 4.69) is 0 Å². The van der Waals surface area contributed by atoms with Gasteiger partial charge in [-0.1, -0.05) is 6.07 Å². The summed E-state index contributed by atoms with van der Waals surface area (Å²) in [7, 11) is 1.81. The van der Waals surface area contributed by atoms with Crippen molar-refractivity contribution in [3.05, 3.63) is 35.4 Å². The Morgan fingerprint density at radius 3 is 2.33 bits per heavy atom. The van der Waals surface area contributed by atoms with Gasteiger partial charge in [0.05, 0.1) is 11.7 Å². The van der Waals surface area contributed by atoms with Gasteiger partial charge in [-0.3, -0.25) is 4.79 Å². The Morgan fingerprint density at radius 2 is 1.83 bits per heavy atom. The molecule has 24 heavy (non-hydrogen) atoms. The lowest BCUT2D eigenvalue weighted by Gasteiger charge is -2.35. The molecule has 2 rings (SSSR count). The number of carbonyl (C=O) groups excluding carboxylic acids is 1. The number of halogens is 2. The minimum absolute atomic E-state index is 0.0176. The Labute approximate surface area is 142 Å². The number of benzene rings is 1. The molecule has 4 nitrogen and oxygen atoms in total. The van der Waals surface area contributed by atoms with E-state index < -0.39 is 17.7 Å². The van der Waals surface area contributed by atoms with E-state index in [4.69, 9.17) is 0 Å². The summed E-state index contributed by atoms with van der Waals surface area (Å²) in [5, 5.41) is 10.2. The fourth-order valence-electron chi connectivity index (χ4n) is 3.07. The molecule has 1 aliphatic heterocycles. The van der Waals surface area contributed by atoms with Gasteiger partial charge in [0.25, 0.3) is 0 Å². The van der Waals surface area contributed by atoms with E-state index in [0.29, 0.717) is 25.9 Å². The first-order valence-corrected chi connectivity index (χ1v) is 8.42. The van der Waals surface area contributed by atoms with Crippen LogP contribution in [-0.2, 0) is 4.79 Å². The number of hydrogen-bond donors (Lipinski definition) is 1. The van der Waals surface area contributed by atoms with E-state index in [9.17, 15) is 18.7 Å². The highest BCUT2D eigenvalue weighted by molar-refractivity contribution is 5.78. The smallest absolute Gasteiger partial charge is 0.225 e. The predicted molar refractivity (Wildman–Crippen MR) is 88.4 cm³/mol. The van der Waals surface area contributed by atoms with Crippen LogP contribution >= 0.6 is 0 Å². The molecule has 1 heterocycles. The number of rotatable bonds is 5. The first-order valence-electron chi connectivity index (χ1n) is 8.42. The van der Waals surface area contributed by atoms with Crippen LogP contribution in [0.3, 0.4) is 0 Å². The predicted octanol–water partition coefficient (Wildman–Crippen LogP) is 2.58. The standard InChI is InChI=1S/C18H26F2N2O2/c1-12(2)21(3)18(24)13-7-9-22(10-8-13)11-16(23)17-14(19)5-4-6-15(17)20/h4-6,12-13,16,23H,7-11H2,1-3H3. The molecule has 1 aliphatic rings. The molecule has 1 saturated heterocycles. The van der Waals surface area contributed by atoms with Crippen molar-refractivity contribution in [2.24, 2.45) is 5.92 Å². The van der Waals surface area contributed by atoms with E-state index in [0.717, 1.165) is 12.1 Å². The van der Waals surface area contributed by atoms with Crippen molar-refractivity contribution in [2.75, 3.05) is 26.7 Å². The lowest BCUT2D eigenvalue weighted by atomic mass is 9.94. The highest BCUT2D eigenvalue weighted by Crippen LogP contribution is 2.25. The van der Waals surface area contributed by atoms with Gasteiger partial charge < -0.3 is 14.9 Å². The lowest BCUT2D eigenvalue weighted by molar-refractivity contribution is -0.137. The van der Waals surface area contributed by atoms with Crippen LogP contribution in [0.25, 0.3) is 0 Å². The maximum absolute atomic E-state index is 13.7. The number of carbonyl (C=O) groups is 1. The Bertz CT molecular complexity index is 552. The number of nitrogens with zero attached hydrogens (tertiary/aromatic N) is 2. The van der Waals surface area contributed by atoms with Crippen LogP contribution in [0.15, 0.2) is 18.2 Å². The molecule has 1 unspecified atom stereocenters. The van der Waals surface area contributed by atoms with Gasteiger partial charge in [-0.05, 0) is 51.9 Å². The minimum Gasteiger partial charge on any atom is -0.387 e. The maximum atomic E-state index is 13.7. The monoisotopic (exact) mass is 340 g/mol. The third-order valence-corrected chi connectivity index (χ3v) is 4.82. The minimum atomic E-state index is -1.21. The molecule has 0 saturated carbocycles. The number of aliphatic hydroxyl groups is 1. The number of β-amino-alcohol motifs (C(OH)–C–C–N with tert-alkyl or cyclic N) is 1. The highest BCUT2D eigenvalue weighted by Gasteiger charge is 2.29. The zero-order chi connectivity index (χ0) is 17.9. The van der Waals surface area contributed by atoms with Crippen molar-refractivity contribution in [3.8, 4) is 0 Å². The van der Waals surface area contributed by atoms with Gasteiger partial charge in [0.2, 0.25) is 5.91 Å². The van der Waals surface area contributed by atoms with Crippen LogP contribution < -0.4 is 0 Å². The summed E-state index contributed by atoms with van der Waals surface area (Å²) >= 11 is 0. The Kier molecular flexibility index (Phi) is 6.29. The van der Waals surface area contributed by atoms with Crippen LogP contribution in [-0.4, -0.2) is 53.5 Å². The molecular weight excluding hydrogens is 314 g/mol. The normalized spacial score (nSPS) is 18.0. The van der Waals surface area contributed by atoms with Crippen molar-refractivity contribution in [1.82, 2.24) is 9.80 Å². The van der Waals surface area contributed by atoms with Crippen molar-refractivity contribution in [2.45, 2.75) is 38.8 Å². The number of piperidine rings is 1. The fraction of sp³-hybridized carbons (Fsp3) is 0.611. The van der Waals surface area contributed by atoms with Gasteiger partial charge in [-0.25, -0.2) is 8.78 Å². The van der Waals surface area contributed by atoms with Crippen molar-refractivity contribution < 1.29 is 18.7 Å². The number of amides is 1. The number of aliphatic hydroxyl groups excluding tert-OH is 1. The zero-order valence-electron chi connectivity index (χ0n) is 14.5. The molecule has 6 heteroatoms. The van der Waals surface area contributed by atoms with Gasteiger partial charge in [0, 0.05) is 25.6 Å². The summed E-state index contributed by atoms with van der Waals surface area (Å²) in [6.07, 6.45) is 0.182. The molecule has 0 radical (unpaired) electrons. The molecule has 1 aromatic carbocycles. The Balaban J connectivity index is 1.90.